The van der Waals surface area contributed by atoms with Gasteiger partial charge in [0.1, 0.15) is 0 Å². The van der Waals surface area contributed by atoms with E-state index in [9.17, 15) is 0 Å². The van der Waals surface area contributed by atoms with Gasteiger partial charge >= 0.3 is 0 Å². The molecule has 1 aliphatic heterocycles. The van der Waals surface area contributed by atoms with Gasteiger partial charge in [-0.25, -0.2) is 0 Å². The topological polar surface area (TPSA) is 30.5 Å². The quantitative estimate of drug-likeness (QED) is 0.655. The number of ether oxygens (including phenoxy) is 2. The second kappa shape index (κ2) is 7.20. The van der Waals surface area contributed by atoms with Crippen LogP contribution in [-0.4, -0.2) is 39.0 Å². The molecule has 1 rings (SSSR count). The van der Waals surface area contributed by atoms with E-state index in [2.05, 4.69) is 26.1 Å². The predicted octanol–water partition coefficient (Wildman–Crippen LogP) is 1.67. The minimum absolute atomic E-state index is 0.551. The Morgan fingerprint density at radius 3 is 2.80 bits per heavy atom. The van der Waals surface area contributed by atoms with Crippen molar-refractivity contribution in [3.63, 3.8) is 0 Å². The zero-order valence-corrected chi connectivity index (χ0v) is 10.3. The van der Waals surface area contributed by atoms with Gasteiger partial charge in [-0.3, -0.25) is 0 Å². The van der Waals surface area contributed by atoms with Crippen LogP contribution in [0.1, 0.15) is 27.2 Å². The lowest BCUT2D eigenvalue weighted by atomic mass is 10.0. The lowest BCUT2D eigenvalue weighted by molar-refractivity contribution is 0.108. The van der Waals surface area contributed by atoms with Crippen molar-refractivity contribution in [3.05, 3.63) is 0 Å². The van der Waals surface area contributed by atoms with Gasteiger partial charge in [-0.15, -0.1) is 0 Å². The third-order valence-electron chi connectivity index (χ3n) is 2.84. The molecule has 0 radical (unpaired) electrons. The van der Waals surface area contributed by atoms with Crippen molar-refractivity contribution in [1.82, 2.24) is 5.32 Å². The normalized spacial score (nSPS) is 23.6. The first-order valence-corrected chi connectivity index (χ1v) is 6.09. The molecule has 0 aromatic carbocycles. The minimum Gasteiger partial charge on any atom is -0.381 e. The largest absolute Gasteiger partial charge is 0.381 e. The van der Waals surface area contributed by atoms with E-state index in [4.69, 9.17) is 9.47 Å². The Bertz CT molecular complexity index is 156. The molecular formula is C12H25NO2. The first kappa shape index (κ1) is 12.9. The molecule has 0 saturated carbocycles. The molecule has 1 saturated heterocycles. The predicted molar refractivity (Wildman–Crippen MR) is 62.0 cm³/mol. The molecule has 1 aliphatic rings. The van der Waals surface area contributed by atoms with Gasteiger partial charge in [0.15, 0.2) is 0 Å². The van der Waals surface area contributed by atoms with E-state index in [0.717, 1.165) is 33.0 Å². The summed E-state index contributed by atoms with van der Waals surface area (Å²) in [6.45, 7) is 11.1. The molecule has 90 valence electrons. The van der Waals surface area contributed by atoms with Crippen LogP contribution >= 0.6 is 0 Å². The highest BCUT2D eigenvalue weighted by Crippen LogP contribution is 2.15. The molecule has 2 unspecified atom stereocenters. The summed E-state index contributed by atoms with van der Waals surface area (Å²) in [5.41, 5.74) is 0. The molecule has 0 amide bonds. The van der Waals surface area contributed by atoms with Gasteiger partial charge in [-0.2, -0.15) is 0 Å². The maximum Gasteiger partial charge on any atom is 0.0591 e. The summed E-state index contributed by atoms with van der Waals surface area (Å²) in [4.78, 5) is 0. The van der Waals surface area contributed by atoms with Crippen molar-refractivity contribution in [1.29, 1.82) is 0 Å². The molecule has 1 N–H and O–H groups in total. The molecule has 15 heavy (non-hydrogen) atoms. The summed E-state index contributed by atoms with van der Waals surface area (Å²) >= 11 is 0. The highest BCUT2D eigenvalue weighted by atomic mass is 16.5. The van der Waals surface area contributed by atoms with Crippen LogP contribution in [0.5, 0.6) is 0 Å². The van der Waals surface area contributed by atoms with Crippen molar-refractivity contribution in [2.24, 2.45) is 11.8 Å². The lowest BCUT2D eigenvalue weighted by Crippen LogP contribution is -2.36. The Hall–Kier alpha value is -0.120. The average molecular weight is 215 g/mol. The van der Waals surface area contributed by atoms with Crippen LogP contribution in [0, 0.1) is 11.8 Å². The first-order chi connectivity index (χ1) is 7.20. The molecule has 1 heterocycles. The first-order valence-electron chi connectivity index (χ1n) is 6.09. The van der Waals surface area contributed by atoms with Gasteiger partial charge in [0.25, 0.3) is 0 Å². The molecule has 0 aromatic rings. The van der Waals surface area contributed by atoms with Gasteiger partial charge in [0.05, 0.1) is 13.2 Å². The molecule has 0 aromatic heterocycles. The van der Waals surface area contributed by atoms with E-state index in [1.807, 2.05) is 0 Å². The summed E-state index contributed by atoms with van der Waals surface area (Å²) in [7, 11) is 0. The fourth-order valence-electron chi connectivity index (χ4n) is 1.79. The van der Waals surface area contributed by atoms with Crippen LogP contribution in [0.2, 0.25) is 0 Å². The van der Waals surface area contributed by atoms with Gasteiger partial charge in [0, 0.05) is 25.8 Å². The summed E-state index contributed by atoms with van der Waals surface area (Å²) in [6.07, 6.45) is 1.20. The average Bonchev–Trinajstić information content (AvgIpc) is 2.69. The van der Waals surface area contributed by atoms with Gasteiger partial charge in [-0.1, -0.05) is 13.8 Å². The van der Waals surface area contributed by atoms with Crippen LogP contribution in [0.15, 0.2) is 0 Å². The molecule has 0 spiro atoms. The molecule has 3 heteroatoms. The molecule has 0 aliphatic carbocycles. The van der Waals surface area contributed by atoms with Crippen LogP contribution in [0.4, 0.5) is 0 Å². The highest BCUT2D eigenvalue weighted by molar-refractivity contribution is 4.75. The Kier molecular flexibility index (Phi) is 6.22. The molecule has 2 atom stereocenters. The fraction of sp³-hybridized carbons (Fsp3) is 1.00. The van der Waals surface area contributed by atoms with E-state index in [0.29, 0.717) is 17.9 Å². The molecule has 0 bridgehead atoms. The van der Waals surface area contributed by atoms with E-state index >= 15 is 0 Å². The van der Waals surface area contributed by atoms with E-state index in [1.165, 1.54) is 6.42 Å². The van der Waals surface area contributed by atoms with E-state index in [-0.39, 0.29) is 0 Å². The number of rotatable bonds is 7. The van der Waals surface area contributed by atoms with Crippen LogP contribution < -0.4 is 5.32 Å². The monoisotopic (exact) mass is 215 g/mol. The van der Waals surface area contributed by atoms with Crippen molar-refractivity contribution < 1.29 is 9.47 Å². The summed E-state index contributed by atoms with van der Waals surface area (Å²) in [6, 6.07) is 0.551. The SMILES string of the molecule is CC(C)COCCNC(C)C1CCOC1. The zero-order valence-electron chi connectivity index (χ0n) is 10.3. The van der Waals surface area contributed by atoms with Crippen LogP contribution in [0.25, 0.3) is 0 Å². The Labute approximate surface area is 93.5 Å². The number of hydrogen-bond donors (Lipinski definition) is 1. The van der Waals surface area contributed by atoms with Crippen molar-refractivity contribution in [2.45, 2.75) is 33.2 Å². The summed E-state index contributed by atoms with van der Waals surface area (Å²) in [5.74, 6) is 1.32. The van der Waals surface area contributed by atoms with Crippen molar-refractivity contribution in [2.75, 3.05) is 33.0 Å². The van der Waals surface area contributed by atoms with Crippen LogP contribution in [-0.2, 0) is 9.47 Å². The summed E-state index contributed by atoms with van der Waals surface area (Å²) < 4.78 is 10.9. The third-order valence-corrected chi connectivity index (χ3v) is 2.84. The maximum absolute atomic E-state index is 5.51. The Morgan fingerprint density at radius 2 is 2.20 bits per heavy atom. The number of hydrogen-bond acceptors (Lipinski definition) is 3. The zero-order chi connectivity index (χ0) is 11.1. The second-order valence-electron chi connectivity index (χ2n) is 4.84. The smallest absolute Gasteiger partial charge is 0.0591 e. The highest BCUT2D eigenvalue weighted by Gasteiger charge is 2.21. The van der Waals surface area contributed by atoms with Gasteiger partial charge in [0.2, 0.25) is 0 Å². The Morgan fingerprint density at radius 1 is 1.40 bits per heavy atom. The van der Waals surface area contributed by atoms with Gasteiger partial charge in [-0.05, 0) is 25.2 Å². The van der Waals surface area contributed by atoms with Crippen molar-refractivity contribution in [3.8, 4) is 0 Å². The molecule has 1 fully saturated rings. The van der Waals surface area contributed by atoms with Crippen molar-refractivity contribution >= 4 is 0 Å². The molecular weight excluding hydrogens is 190 g/mol. The number of nitrogens with one attached hydrogen (secondary N) is 1. The van der Waals surface area contributed by atoms with Gasteiger partial charge < -0.3 is 14.8 Å². The fourth-order valence-corrected chi connectivity index (χ4v) is 1.79. The molecule has 3 nitrogen and oxygen atoms in total. The standard InChI is InChI=1S/C12H25NO2/c1-10(2)8-15-7-5-13-11(3)12-4-6-14-9-12/h10-13H,4-9H2,1-3H3. The second-order valence-corrected chi connectivity index (χ2v) is 4.84. The minimum atomic E-state index is 0.551. The van der Waals surface area contributed by atoms with Crippen LogP contribution in [0.3, 0.4) is 0 Å². The maximum atomic E-state index is 5.51. The summed E-state index contributed by atoms with van der Waals surface area (Å²) in [5, 5.41) is 3.49. The van der Waals surface area contributed by atoms with E-state index in [1.54, 1.807) is 0 Å². The lowest BCUT2D eigenvalue weighted by Gasteiger charge is -2.19. The third kappa shape index (κ3) is 5.50. The van der Waals surface area contributed by atoms with E-state index < -0.39 is 0 Å². The Balaban J connectivity index is 1.94.